The average molecular weight is 512 g/mol. The molecule has 0 aliphatic carbocycles. The summed E-state index contributed by atoms with van der Waals surface area (Å²) in [5, 5.41) is 3.94. The topological polar surface area (TPSA) is 66.5 Å². The van der Waals surface area contributed by atoms with Crippen molar-refractivity contribution in [3.8, 4) is 0 Å². The summed E-state index contributed by atoms with van der Waals surface area (Å²) in [5.74, 6) is -0.449. The van der Waals surface area contributed by atoms with Crippen LogP contribution in [0.3, 0.4) is 0 Å². The van der Waals surface area contributed by atoms with Gasteiger partial charge in [-0.15, -0.1) is 0 Å². The van der Waals surface area contributed by atoms with Crippen molar-refractivity contribution in [2.75, 3.05) is 17.4 Å². The third-order valence-electron chi connectivity index (χ3n) is 4.70. The molecule has 0 unspecified atom stereocenters. The first-order valence-corrected chi connectivity index (χ1v) is 12.4. The van der Waals surface area contributed by atoms with E-state index in [1.54, 1.807) is 18.2 Å². The molecule has 0 radical (unpaired) electrons. The van der Waals surface area contributed by atoms with Crippen LogP contribution in [-0.4, -0.2) is 27.4 Å². The van der Waals surface area contributed by atoms with Gasteiger partial charge in [-0.05, 0) is 54.8 Å². The van der Waals surface area contributed by atoms with Crippen LogP contribution in [0.1, 0.15) is 12.0 Å². The summed E-state index contributed by atoms with van der Waals surface area (Å²) < 4.78 is 27.6. The lowest BCUT2D eigenvalue weighted by atomic mass is 10.1. The average Bonchev–Trinajstić information content (AvgIpc) is 2.77. The highest BCUT2D eigenvalue weighted by molar-refractivity contribution is 7.92. The fourth-order valence-corrected chi connectivity index (χ4v) is 5.35. The zero-order chi connectivity index (χ0) is 23.1. The molecule has 0 bridgehead atoms. The number of carbonyl (C=O) groups excluding carboxylic acids is 1. The number of sulfonamides is 1. The first kappa shape index (κ1) is 24.4. The number of anilines is 1. The van der Waals surface area contributed by atoms with Gasteiger partial charge in [0.25, 0.3) is 10.0 Å². The standard InChI is InChI=1S/C23H21Cl3N2O3S/c24-18-12-13-22(21(26)15-18)28(32(30,31)19-9-2-1-3-10-19)16-23(29)27-14-6-8-17-7-4-5-11-20(17)25/h1-5,7,9-13,15H,6,8,14,16H2,(H,27,29). The SMILES string of the molecule is O=C(CN(c1ccc(Cl)cc1Cl)S(=O)(=O)c1ccccc1)NCCCc1ccccc1Cl. The highest BCUT2D eigenvalue weighted by Crippen LogP contribution is 2.32. The van der Waals surface area contributed by atoms with Crippen molar-refractivity contribution in [2.24, 2.45) is 0 Å². The van der Waals surface area contributed by atoms with Crippen LogP contribution in [0.25, 0.3) is 0 Å². The van der Waals surface area contributed by atoms with Gasteiger partial charge < -0.3 is 5.32 Å². The smallest absolute Gasteiger partial charge is 0.264 e. The molecule has 0 fully saturated rings. The minimum atomic E-state index is -4.04. The molecule has 3 aromatic rings. The zero-order valence-corrected chi connectivity index (χ0v) is 20.1. The number of rotatable bonds is 9. The second-order valence-corrected chi connectivity index (χ2v) is 10.1. The van der Waals surface area contributed by atoms with Crippen LogP contribution < -0.4 is 9.62 Å². The van der Waals surface area contributed by atoms with Crippen molar-refractivity contribution in [3.05, 3.63) is 93.4 Å². The van der Waals surface area contributed by atoms with Crippen LogP contribution in [0.15, 0.2) is 77.7 Å². The van der Waals surface area contributed by atoms with Gasteiger partial charge in [-0.3, -0.25) is 9.10 Å². The van der Waals surface area contributed by atoms with Crippen LogP contribution in [-0.2, 0) is 21.2 Å². The maximum absolute atomic E-state index is 13.3. The van der Waals surface area contributed by atoms with Gasteiger partial charge in [0.2, 0.25) is 5.91 Å². The van der Waals surface area contributed by atoms with E-state index in [0.29, 0.717) is 29.4 Å². The van der Waals surface area contributed by atoms with Gasteiger partial charge in [0.05, 0.1) is 15.6 Å². The molecule has 5 nitrogen and oxygen atoms in total. The molecule has 1 amide bonds. The highest BCUT2D eigenvalue weighted by Gasteiger charge is 2.28. The highest BCUT2D eigenvalue weighted by atomic mass is 35.5. The van der Waals surface area contributed by atoms with E-state index in [0.717, 1.165) is 9.87 Å². The molecule has 168 valence electrons. The molecule has 0 aliphatic heterocycles. The number of hydrogen-bond acceptors (Lipinski definition) is 3. The minimum Gasteiger partial charge on any atom is -0.355 e. The fraction of sp³-hybridized carbons (Fsp3) is 0.174. The molecule has 0 aromatic heterocycles. The lowest BCUT2D eigenvalue weighted by molar-refractivity contribution is -0.119. The Bertz CT molecular complexity index is 1190. The van der Waals surface area contributed by atoms with E-state index in [1.165, 1.54) is 30.3 Å². The van der Waals surface area contributed by atoms with E-state index in [9.17, 15) is 13.2 Å². The maximum Gasteiger partial charge on any atom is 0.264 e. The Morgan fingerprint density at radius 1 is 0.875 bits per heavy atom. The maximum atomic E-state index is 13.3. The Kier molecular flexibility index (Phi) is 8.43. The number of nitrogens with one attached hydrogen (secondary N) is 1. The molecule has 3 aromatic carbocycles. The summed E-state index contributed by atoms with van der Waals surface area (Å²) >= 11 is 18.4. The van der Waals surface area contributed by atoms with Gasteiger partial charge in [-0.2, -0.15) is 0 Å². The monoisotopic (exact) mass is 510 g/mol. The molecular weight excluding hydrogens is 491 g/mol. The molecule has 0 heterocycles. The summed E-state index contributed by atoms with van der Waals surface area (Å²) in [6.45, 7) is -0.0533. The number of carbonyl (C=O) groups is 1. The van der Waals surface area contributed by atoms with Crippen molar-refractivity contribution < 1.29 is 13.2 Å². The molecule has 0 saturated carbocycles. The second-order valence-electron chi connectivity index (χ2n) is 6.97. The first-order valence-electron chi connectivity index (χ1n) is 9.82. The van der Waals surface area contributed by atoms with E-state index in [2.05, 4.69) is 5.32 Å². The van der Waals surface area contributed by atoms with E-state index < -0.39 is 22.5 Å². The van der Waals surface area contributed by atoms with Crippen molar-refractivity contribution in [1.29, 1.82) is 0 Å². The summed E-state index contributed by atoms with van der Waals surface area (Å²) in [5.41, 5.74) is 1.16. The van der Waals surface area contributed by atoms with Gasteiger partial charge >= 0.3 is 0 Å². The molecule has 0 atom stereocenters. The van der Waals surface area contributed by atoms with E-state index in [1.807, 2.05) is 24.3 Å². The second kappa shape index (κ2) is 11.1. The zero-order valence-electron chi connectivity index (χ0n) is 17.0. The Balaban J connectivity index is 1.74. The van der Waals surface area contributed by atoms with Crippen molar-refractivity contribution in [1.82, 2.24) is 5.32 Å². The normalized spacial score (nSPS) is 11.2. The number of amides is 1. The van der Waals surface area contributed by atoms with Crippen molar-refractivity contribution in [3.63, 3.8) is 0 Å². The van der Waals surface area contributed by atoms with Gasteiger partial charge in [-0.1, -0.05) is 71.2 Å². The lowest BCUT2D eigenvalue weighted by Gasteiger charge is -2.25. The van der Waals surface area contributed by atoms with Crippen molar-refractivity contribution >= 4 is 56.4 Å². The third-order valence-corrected chi connectivity index (χ3v) is 7.38. The quantitative estimate of drug-likeness (QED) is 0.381. The number of hydrogen-bond donors (Lipinski definition) is 1. The Morgan fingerprint density at radius 3 is 2.25 bits per heavy atom. The molecule has 0 aliphatic rings. The molecule has 0 saturated heterocycles. The van der Waals surface area contributed by atoms with Gasteiger partial charge in [-0.25, -0.2) is 8.42 Å². The van der Waals surface area contributed by atoms with Gasteiger partial charge in [0.1, 0.15) is 6.54 Å². The van der Waals surface area contributed by atoms with E-state index in [4.69, 9.17) is 34.8 Å². The minimum absolute atomic E-state index is 0.0533. The lowest BCUT2D eigenvalue weighted by Crippen LogP contribution is -2.41. The summed E-state index contributed by atoms with van der Waals surface area (Å²) in [6.07, 6.45) is 1.34. The fourth-order valence-electron chi connectivity index (χ4n) is 3.10. The van der Waals surface area contributed by atoms with E-state index in [-0.39, 0.29) is 15.6 Å². The largest absolute Gasteiger partial charge is 0.355 e. The first-order chi connectivity index (χ1) is 15.3. The molecule has 9 heteroatoms. The number of nitrogens with zero attached hydrogens (tertiary/aromatic N) is 1. The van der Waals surface area contributed by atoms with Gasteiger partial charge in [0.15, 0.2) is 0 Å². The Morgan fingerprint density at radius 2 is 1.56 bits per heavy atom. The molecule has 0 spiro atoms. The van der Waals surface area contributed by atoms with Crippen LogP contribution >= 0.6 is 34.8 Å². The molecule has 3 rings (SSSR count). The number of benzene rings is 3. The number of halogens is 3. The predicted molar refractivity (Wildman–Crippen MR) is 130 cm³/mol. The Labute approximate surface area is 203 Å². The predicted octanol–water partition coefficient (Wildman–Crippen LogP) is 5.59. The van der Waals surface area contributed by atoms with E-state index >= 15 is 0 Å². The Hall–Kier alpha value is -2.25. The molecular formula is C23H21Cl3N2O3S. The van der Waals surface area contributed by atoms with Crippen molar-refractivity contribution in [2.45, 2.75) is 17.7 Å². The summed E-state index contributed by atoms with van der Waals surface area (Å²) in [6, 6.07) is 19.8. The summed E-state index contributed by atoms with van der Waals surface area (Å²) in [7, 11) is -4.04. The molecule has 1 N–H and O–H groups in total. The number of aryl methyl sites for hydroxylation is 1. The molecule has 32 heavy (non-hydrogen) atoms. The van der Waals surface area contributed by atoms with Gasteiger partial charge in [0, 0.05) is 16.6 Å². The van der Waals surface area contributed by atoms with Crippen LogP contribution in [0.4, 0.5) is 5.69 Å². The van der Waals surface area contributed by atoms with Crippen LogP contribution in [0, 0.1) is 0 Å². The van der Waals surface area contributed by atoms with Crippen LogP contribution in [0.5, 0.6) is 0 Å². The third kappa shape index (κ3) is 6.17. The van der Waals surface area contributed by atoms with Crippen LogP contribution in [0.2, 0.25) is 15.1 Å². The summed E-state index contributed by atoms with van der Waals surface area (Å²) in [4.78, 5) is 12.7.